The second-order valence-corrected chi connectivity index (χ2v) is 3.11. The molecule has 0 aromatic carbocycles. The number of nitrogens with zero attached hydrogens (tertiary/aromatic N) is 2. The van der Waals surface area contributed by atoms with E-state index in [0.29, 0.717) is 11.2 Å². The van der Waals surface area contributed by atoms with Gasteiger partial charge in [0, 0.05) is 17.5 Å². The molecular weight excluding hydrogens is 164 g/mol. The van der Waals surface area contributed by atoms with E-state index in [1.807, 2.05) is 25.1 Å². The molecule has 0 fully saturated rings. The average Bonchev–Trinajstić information content (AvgIpc) is 2.12. The van der Waals surface area contributed by atoms with Crippen LogP contribution in [0.25, 0.3) is 5.65 Å². The maximum Gasteiger partial charge on any atom is 0.260 e. The van der Waals surface area contributed by atoms with Crippen molar-refractivity contribution in [1.29, 1.82) is 0 Å². The summed E-state index contributed by atoms with van der Waals surface area (Å²) in [5.41, 5.74) is 2.31. The number of hydrogen-bond acceptors (Lipinski definition) is 2. The molecular formula is C10H10N2O. The molecule has 66 valence electrons. The fourth-order valence-electron chi connectivity index (χ4n) is 1.36. The zero-order chi connectivity index (χ0) is 9.42. The van der Waals surface area contributed by atoms with Crippen molar-refractivity contribution in [3.63, 3.8) is 0 Å². The van der Waals surface area contributed by atoms with Gasteiger partial charge in [-0.1, -0.05) is 6.07 Å². The molecule has 0 spiro atoms. The summed E-state index contributed by atoms with van der Waals surface area (Å²) in [5, 5.41) is 0. The highest BCUT2D eigenvalue weighted by Crippen LogP contribution is 2.01. The van der Waals surface area contributed by atoms with Crippen LogP contribution in [0.4, 0.5) is 0 Å². The summed E-state index contributed by atoms with van der Waals surface area (Å²) in [6, 6.07) is 5.62. The van der Waals surface area contributed by atoms with Crippen molar-refractivity contribution >= 4 is 5.65 Å². The third-order valence-electron chi connectivity index (χ3n) is 2.10. The van der Waals surface area contributed by atoms with Crippen molar-refractivity contribution in [3.05, 3.63) is 46.0 Å². The van der Waals surface area contributed by atoms with Crippen molar-refractivity contribution in [2.75, 3.05) is 0 Å². The number of pyridine rings is 1. The van der Waals surface area contributed by atoms with E-state index in [9.17, 15) is 4.79 Å². The van der Waals surface area contributed by atoms with E-state index >= 15 is 0 Å². The molecule has 0 saturated heterocycles. The van der Waals surface area contributed by atoms with Gasteiger partial charge in [-0.05, 0) is 26.0 Å². The minimum Gasteiger partial charge on any atom is -0.269 e. The third-order valence-corrected chi connectivity index (χ3v) is 2.10. The summed E-state index contributed by atoms with van der Waals surface area (Å²) in [7, 11) is 0. The topological polar surface area (TPSA) is 34.4 Å². The van der Waals surface area contributed by atoms with Crippen molar-refractivity contribution in [1.82, 2.24) is 9.38 Å². The van der Waals surface area contributed by atoms with Crippen LogP contribution < -0.4 is 5.56 Å². The van der Waals surface area contributed by atoms with Gasteiger partial charge in [0.2, 0.25) is 0 Å². The second kappa shape index (κ2) is 2.69. The summed E-state index contributed by atoms with van der Waals surface area (Å²) < 4.78 is 1.62. The van der Waals surface area contributed by atoms with Gasteiger partial charge in [-0.2, -0.15) is 0 Å². The van der Waals surface area contributed by atoms with Crippen molar-refractivity contribution < 1.29 is 0 Å². The van der Waals surface area contributed by atoms with Crippen molar-refractivity contribution in [3.8, 4) is 0 Å². The van der Waals surface area contributed by atoms with Gasteiger partial charge in [0.05, 0.1) is 0 Å². The predicted octanol–water partition coefficient (Wildman–Crippen LogP) is 1.31. The van der Waals surface area contributed by atoms with E-state index in [1.54, 1.807) is 17.5 Å². The summed E-state index contributed by atoms with van der Waals surface area (Å²) in [6.07, 6.45) is 1.61. The van der Waals surface area contributed by atoms with E-state index < -0.39 is 0 Å². The Kier molecular flexibility index (Phi) is 1.65. The smallest absolute Gasteiger partial charge is 0.260 e. The van der Waals surface area contributed by atoms with Crippen LogP contribution in [0, 0.1) is 13.8 Å². The van der Waals surface area contributed by atoms with Crippen LogP contribution in [0.3, 0.4) is 0 Å². The molecule has 0 N–H and O–H groups in total. The zero-order valence-corrected chi connectivity index (χ0v) is 7.61. The van der Waals surface area contributed by atoms with E-state index in [0.717, 1.165) is 5.69 Å². The van der Waals surface area contributed by atoms with Crippen LogP contribution in [-0.2, 0) is 0 Å². The van der Waals surface area contributed by atoms with Crippen LogP contribution in [0.15, 0.2) is 29.2 Å². The fourth-order valence-corrected chi connectivity index (χ4v) is 1.36. The molecule has 2 aromatic rings. The lowest BCUT2D eigenvalue weighted by Gasteiger charge is -2.03. The summed E-state index contributed by atoms with van der Waals surface area (Å²) in [6.45, 7) is 3.67. The summed E-state index contributed by atoms with van der Waals surface area (Å²) in [4.78, 5) is 15.8. The molecule has 0 radical (unpaired) electrons. The summed E-state index contributed by atoms with van der Waals surface area (Å²) in [5.74, 6) is 0. The number of fused-ring (bicyclic) bond motifs is 1. The lowest BCUT2D eigenvalue weighted by Crippen LogP contribution is -2.18. The molecule has 0 aliphatic heterocycles. The van der Waals surface area contributed by atoms with Crippen molar-refractivity contribution in [2.24, 2.45) is 0 Å². The highest BCUT2D eigenvalue weighted by Gasteiger charge is 2.01. The number of aromatic nitrogens is 2. The monoisotopic (exact) mass is 174 g/mol. The molecule has 0 aliphatic rings. The molecule has 0 aliphatic carbocycles. The lowest BCUT2D eigenvalue weighted by molar-refractivity contribution is 0.969. The molecule has 3 heteroatoms. The average molecular weight is 174 g/mol. The minimum atomic E-state index is 0.0168. The Morgan fingerprint density at radius 1 is 1.31 bits per heavy atom. The Bertz CT molecular complexity index is 514. The quantitative estimate of drug-likeness (QED) is 0.603. The third kappa shape index (κ3) is 1.13. The molecule has 0 unspecified atom stereocenters. The molecule has 0 saturated carbocycles. The van der Waals surface area contributed by atoms with E-state index in [4.69, 9.17) is 0 Å². The van der Waals surface area contributed by atoms with Crippen LogP contribution >= 0.6 is 0 Å². The largest absolute Gasteiger partial charge is 0.269 e. The van der Waals surface area contributed by atoms with Gasteiger partial charge >= 0.3 is 0 Å². The van der Waals surface area contributed by atoms with Crippen LogP contribution in [0.1, 0.15) is 11.3 Å². The maximum atomic E-state index is 11.7. The normalized spacial score (nSPS) is 10.6. The highest BCUT2D eigenvalue weighted by atomic mass is 16.1. The van der Waals surface area contributed by atoms with Crippen LogP contribution in [0.5, 0.6) is 0 Å². The molecule has 2 rings (SSSR count). The van der Waals surface area contributed by atoms with E-state index in [2.05, 4.69) is 4.98 Å². The Morgan fingerprint density at radius 2 is 2.08 bits per heavy atom. The van der Waals surface area contributed by atoms with E-state index in [1.165, 1.54) is 0 Å². The van der Waals surface area contributed by atoms with Gasteiger partial charge < -0.3 is 0 Å². The van der Waals surface area contributed by atoms with Crippen LogP contribution in [0.2, 0.25) is 0 Å². The Morgan fingerprint density at radius 3 is 2.85 bits per heavy atom. The lowest BCUT2D eigenvalue weighted by atomic mass is 10.3. The molecule has 0 bridgehead atoms. The van der Waals surface area contributed by atoms with Gasteiger partial charge in [0.15, 0.2) is 0 Å². The fraction of sp³-hybridized carbons (Fsp3) is 0.200. The van der Waals surface area contributed by atoms with Gasteiger partial charge in [0.1, 0.15) is 5.65 Å². The zero-order valence-electron chi connectivity index (χ0n) is 7.61. The number of aryl methyl sites for hydroxylation is 2. The summed E-state index contributed by atoms with van der Waals surface area (Å²) >= 11 is 0. The van der Waals surface area contributed by atoms with Gasteiger partial charge in [-0.3, -0.25) is 9.20 Å². The minimum absolute atomic E-state index is 0.0168. The first kappa shape index (κ1) is 7.98. The standard InChI is InChI=1S/C10H10N2O/c1-7-6-11-9-5-3-4-8(2)12(9)10(7)13/h3-6H,1-2H3. The first-order chi connectivity index (χ1) is 6.20. The highest BCUT2D eigenvalue weighted by molar-refractivity contribution is 5.39. The van der Waals surface area contributed by atoms with Gasteiger partial charge in [0.25, 0.3) is 5.56 Å². The molecule has 13 heavy (non-hydrogen) atoms. The van der Waals surface area contributed by atoms with Crippen molar-refractivity contribution in [2.45, 2.75) is 13.8 Å². The Balaban J connectivity index is 3.06. The van der Waals surface area contributed by atoms with E-state index in [-0.39, 0.29) is 5.56 Å². The second-order valence-electron chi connectivity index (χ2n) is 3.11. The molecule has 0 atom stereocenters. The van der Waals surface area contributed by atoms with Gasteiger partial charge in [-0.25, -0.2) is 4.98 Å². The molecule has 2 heterocycles. The maximum absolute atomic E-state index is 11.7. The molecule has 3 nitrogen and oxygen atoms in total. The van der Waals surface area contributed by atoms with Gasteiger partial charge in [-0.15, -0.1) is 0 Å². The number of hydrogen-bond donors (Lipinski definition) is 0. The first-order valence-electron chi connectivity index (χ1n) is 4.14. The first-order valence-corrected chi connectivity index (χ1v) is 4.14. The SMILES string of the molecule is Cc1cnc2cccc(C)n2c1=O. The predicted molar refractivity (Wildman–Crippen MR) is 50.9 cm³/mol. The molecule has 2 aromatic heterocycles. The Labute approximate surface area is 75.7 Å². The number of rotatable bonds is 0. The van der Waals surface area contributed by atoms with Crippen LogP contribution in [-0.4, -0.2) is 9.38 Å². The molecule has 0 amide bonds. The Hall–Kier alpha value is -1.64.